The van der Waals surface area contributed by atoms with Crippen LogP contribution < -0.4 is 6.15 Å². The average Bonchev–Trinajstić information content (AvgIpc) is 0.811. The lowest BCUT2D eigenvalue weighted by atomic mass is 11.8. The highest BCUT2D eigenvalue weighted by molar-refractivity contribution is 6.54. The molecule has 0 aromatic carbocycles. The maximum atomic E-state index is 2.31. The second-order valence-electron chi connectivity index (χ2n) is 1.73. The number of rotatable bonds is 0. The molecule has 0 atom stereocenters. The van der Waals surface area contributed by atoms with Crippen LogP contribution in [0.2, 0.25) is 17.4 Å². The lowest BCUT2D eigenvalue weighted by molar-refractivity contribution is 1.91. The van der Waals surface area contributed by atoms with Crippen LogP contribution in [0.1, 0.15) is 0 Å². The molecule has 2 heteroatoms. The first-order valence-electron chi connectivity index (χ1n) is 1.73. The van der Waals surface area contributed by atoms with Gasteiger partial charge in [0.2, 0.25) is 0 Å². The molecular weight excluding hydrogens is 77.0 g/mol. The summed E-state index contributed by atoms with van der Waals surface area (Å²) in [6.07, 6.45) is 0. The third-order valence-electron chi connectivity index (χ3n) is 0. The molecule has 0 aliphatic carbocycles. The van der Waals surface area contributed by atoms with E-state index >= 15 is 0 Å². The van der Waals surface area contributed by atoms with E-state index in [1.54, 1.807) is 0 Å². The van der Waals surface area contributed by atoms with Gasteiger partial charge in [0.25, 0.3) is 14.1 Å². The monoisotopic (exact) mass is 86.1 g/mol. The molecule has 0 N–H and O–H groups in total. The van der Waals surface area contributed by atoms with E-state index in [-0.39, 0.29) is 20.3 Å². The normalized spacial score (nSPS) is 5.40. The summed E-state index contributed by atoms with van der Waals surface area (Å²) in [6.45, 7) is 0. The molecule has 0 heterocycles. The predicted molar refractivity (Wildman–Crippen MR) is 25.5 cm³/mol. The Morgan fingerprint density at radius 2 is 1.00 bits per heavy atom. The van der Waals surface area contributed by atoms with Gasteiger partial charge in [0.15, 0.2) is 0 Å². The molecule has 0 aliphatic heterocycles. The smallest absolute Gasteiger partial charge is 0.106 e. The van der Waals surface area contributed by atoms with Crippen LogP contribution >= 0.6 is 0 Å². The van der Waals surface area contributed by atoms with Gasteiger partial charge >= 0.3 is 0 Å². The van der Waals surface area contributed by atoms with Crippen molar-refractivity contribution in [3.05, 3.63) is 0 Å². The van der Waals surface area contributed by atoms with Crippen LogP contribution in [-0.2, 0) is 0 Å². The molecule has 0 saturated heterocycles. The number of nitrogens with zero attached hydrogens (tertiary/aromatic N) is 1. The molecular formula is C3H9AlN. The van der Waals surface area contributed by atoms with Crippen molar-refractivity contribution in [2.75, 3.05) is 0 Å². The zero-order valence-corrected chi connectivity index (χ0v) is 5.18. The maximum Gasteiger partial charge on any atom is 0.251 e. The highest BCUT2D eigenvalue weighted by atomic mass is 27.2. The molecule has 0 amide bonds. The Balaban J connectivity index is 0. The summed E-state index contributed by atoms with van der Waals surface area (Å²) >= 11 is -0.139. The van der Waals surface area contributed by atoms with Gasteiger partial charge in [-0.25, -0.2) is 0 Å². The largest absolute Gasteiger partial charge is 0.251 e. The van der Waals surface area contributed by atoms with Gasteiger partial charge in [-0.2, -0.15) is 0 Å². The molecule has 0 spiro atoms. The minimum Gasteiger partial charge on any atom is -0.106 e. The molecule has 0 saturated carbocycles. The fourth-order valence-electron chi connectivity index (χ4n) is 0. The molecule has 0 rings (SSSR count). The standard InChI is InChI=1S/3CH3.Al.N/h3*1H3;;. The first-order valence-corrected chi connectivity index (χ1v) is 5.20. The van der Waals surface area contributed by atoms with E-state index in [1.807, 2.05) is 0 Å². The topological polar surface area (TPSA) is 30.5 Å². The summed E-state index contributed by atoms with van der Waals surface area (Å²) in [5, 5.41) is 0. The summed E-state index contributed by atoms with van der Waals surface area (Å²) in [5.41, 5.74) is 0. The fourth-order valence-corrected chi connectivity index (χ4v) is 0. The SMILES string of the molecule is [CH3][Al]([CH3])[CH3].[N]. The van der Waals surface area contributed by atoms with Crippen LogP contribution in [0, 0.1) is 0 Å². The second kappa shape index (κ2) is 4.49. The highest BCUT2D eigenvalue weighted by Gasteiger charge is 1.81. The Bertz CT molecular complexity index is 11.6. The van der Waals surface area contributed by atoms with E-state index in [9.17, 15) is 0 Å². The molecule has 0 bridgehead atoms. The molecule has 3 radical (unpaired) electrons. The summed E-state index contributed by atoms with van der Waals surface area (Å²) in [4.78, 5) is 0. The Hall–Kier alpha value is 0.492. The summed E-state index contributed by atoms with van der Waals surface area (Å²) in [7, 11) is 0. The van der Waals surface area contributed by atoms with Crippen LogP contribution in [0.15, 0.2) is 0 Å². The molecule has 0 fully saturated rings. The zero-order valence-electron chi connectivity index (χ0n) is 4.02. The molecule has 0 aliphatic rings. The van der Waals surface area contributed by atoms with Crippen LogP contribution in [0.25, 0.3) is 0 Å². The van der Waals surface area contributed by atoms with Gasteiger partial charge in [-0.05, 0) is 0 Å². The molecule has 1 nitrogen and oxygen atoms in total. The first kappa shape index (κ1) is 9.09. The van der Waals surface area contributed by atoms with Gasteiger partial charge in [-0.3, -0.25) is 0 Å². The lowest BCUT2D eigenvalue weighted by Gasteiger charge is -1.67. The van der Waals surface area contributed by atoms with Gasteiger partial charge in [-0.15, -0.1) is 17.4 Å². The quantitative estimate of drug-likeness (QED) is 0.392. The van der Waals surface area contributed by atoms with E-state index in [4.69, 9.17) is 0 Å². The third-order valence-corrected chi connectivity index (χ3v) is 0. The Labute approximate surface area is 38.4 Å². The van der Waals surface area contributed by atoms with Crippen LogP contribution in [0.3, 0.4) is 0 Å². The minimum absolute atomic E-state index is 0. The van der Waals surface area contributed by atoms with Crippen molar-refractivity contribution in [2.24, 2.45) is 0 Å². The molecule has 0 aromatic heterocycles. The van der Waals surface area contributed by atoms with Crippen molar-refractivity contribution < 1.29 is 0 Å². The predicted octanol–water partition coefficient (Wildman–Crippen LogP) is 0.890. The van der Waals surface area contributed by atoms with E-state index in [2.05, 4.69) is 17.4 Å². The third kappa shape index (κ3) is 115. The Kier molecular flexibility index (Phi) is 8.17. The van der Waals surface area contributed by atoms with E-state index in [0.717, 1.165) is 0 Å². The van der Waals surface area contributed by atoms with Crippen LogP contribution in [0.4, 0.5) is 0 Å². The van der Waals surface area contributed by atoms with Crippen molar-refractivity contribution in [1.82, 2.24) is 6.15 Å². The van der Waals surface area contributed by atoms with Gasteiger partial charge < -0.3 is 0 Å². The van der Waals surface area contributed by atoms with E-state index in [0.29, 0.717) is 0 Å². The molecule has 0 aromatic rings. The zero-order chi connectivity index (χ0) is 3.58. The molecule has 5 heavy (non-hydrogen) atoms. The van der Waals surface area contributed by atoms with E-state index < -0.39 is 0 Å². The fraction of sp³-hybridized carbons (Fsp3) is 1.00. The second-order valence-corrected chi connectivity index (χ2v) is 5.20. The van der Waals surface area contributed by atoms with Gasteiger partial charge in [0, 0.05) is 6.15 Å². The van der Waals surface area contributed by atoms with Crippen molar-refractivity contribution in [3.8, 4) is 0 Å². The lowest BCUT2D eigenvalue weighted by Crippen LogP contribution is -1.84. The van der Waals surface area contributed by atoms with Gasteiger partial charge in [0.1, 0.15) is 0 Å². The van der Waals surface area contributed by atoms with Crippen molar-refractivity contribution >= 4 is 14.1 Å². The molecule has 0 unspecified atom stereocenters. The summed E-state index contributed by atoms with van der Waals surface area (Å²) in [6, 6.07) is 0. The van der Waals surface area contributed by atoms with Crippen molar-refractivity contribution in [1.29, 1.82) is 0 Å². The highest BCUT2D eigenvalue weighted by Crippen LogP contribution is 1.68. The van der Waals surface area contributed by atoms with Gasteiger partial charge in [0.05, 0.1) is 0 Å². The van der Waals surface area contributed by atoms with Gasteiger partial charge in [-0.1, -0.05) is 0 Å². The average molecular weight is 86.1 g/mol. The number of hydrogen-bond acceptors (Lipinski definition) is 0. The Morgan fingerprint density at radius 1 is 1.00 bits per heavy atom. The number of hydrogen-bond donors (Lipinski definition) is 0. The van der Waals surface area contributed by atoms with Crippen molar-refractivity contribution in [2.45, 2.75) is 17.4 Å². The minimum atomic E-state index is -0.139. The summed E-state index contributed by atoms with van der Waals surface area (Å²) < 4.78 is 0. The van der Waals surface area contributed by atoms with Crippen LogP contribution in [-0.4, -0.2) is 14.1 Å². The van der Waals surface area contributed by atoms with Crippen molar-refractivity contribution in [3.63, 3.8) is 0 Å². The summed E-state index contributed by atoms with van der Waals surface area (Å²) in [5.74, 6) is 6.92. The first-order chi connectivity index (χ1) is 1.73. The van der Waals surface area contributed by atoms with Crippen LogP contribution in [0.5, 0.6) is 0 Å². The maximum absolute atomic E-state index is 2.31. The Morgan fingerprint density at radius 3 is 1.00 bits per heavy atom. The molecule has 29 valence electrons. The van der Waals surface area contributed by atoms with E-state index in [1.165, 1.54) is 0 Å².